The van der Waals surface area contributed by atoms with Crippen molar-refractivity contribution in [3.8, 4) is 5.75 Å². The molecular formula is C16H18FN2O3P. The Kier molecular flexibility index (Phi) is 5.77. The minimum absolute atomic E-state index is 0.0675. The van der Waals surface area contributed by atoms with E-state index in [-0.39, 0.29) is 23.9 Å². The lowest BCUT2D eigenvalue weighted by molar-refractivity contribution is 0.168. The molecule has 0 radical (unpaired) electrons. The van der Waals surface area contributed by atoms with Crippen LogP contribution in [-0.4, -0.2) is 17.8 Å². The molecule has 23 heavy (non-hydrogen) atoms. The third-order valence-corrected chi connectivity index (χ3v) is 3.57. The van der Waals surface area contributed by atoms with Crippen LogP contribution >= 0.6 is 9.39 Å². The lowest BCUT2D eigenvalue weighted by Gasteiger charge is -2.20. The first-order chi connectivity index (χ1) is 11.0. The second-order valence-corrected chi connectivity index (χ2v) is 5.42. The largest absolute Gasteiger partial charge is 0.506 e. The minimum atomic E-state index is -0.621. The number of carbonyl (C=O) groups is 1. The number of nitrogens with one attached hydrogen (secondary N) is 1. The average Bonchev–Trinajstić information content (AvgIpc) is 2.51. The Balaban J connectivity index is 2.06. The number of aromatic hydroxyl groups is 1. The first-order valence-corrected chi connectivity index (χ1v) is 7.54. The molecule has 2 rings (SSSR count). The van der Waals surface area contributed by atoms with Gasteiger partial charge >= 0.3 is 6.09 Å². The number of hydrogen-bond donors (Lipinski definition) is 2. The molecule has 0 aliphatic rings. The smallest absolute Gasteiger partial charge is 0.411 e. The van der Waals surface area contributed by atoms with E-state index in [1.165, 1.54) is 18.2 Å². The summed E-state index contributed by atoms with van der Waals surface area (Å²) in [6.07, 6.45) is -0.621. The van der Waals surface area contributed by atoms with Crippen LogP contribution in [0, 0.1) is 5.82 Å². The molecule has 1 atom stereocenters. The number of carbonyl (C=O) groups excluding carboxylic acids is 1. The maximum absolute atomic E-state index is 12.9. The molecule has 2 N–H and O–H groups in total. The van der Waals surface area contributed by atoms with Crippen molar-refractivity contribution >= 4 is 26.9 Å². The lowest BCUT2D eigenvalue weighted by atomic mass is 10.2. The number of nitrogens with zero attached hydrogens (tertiary/aromatic N) is 1. The number of hydrogen-bond acceptors (Lipinski definition) is 4. The number of amides is 1. The Bertz CT molecular complexity index is 680. The van der Waals surface area contributed by atoms with Crippen LogP contribution < -0.4 is 9.99 Å². The van der Waals surface area contributed by atoms with Crippen molar-refractivity contribution in [1.29, 1.82) is 0 Å². The van der Waals surface area contributed by atoms with Crippen LogP contribution in [0.1, 0.15) is 12.5 Å². The fraction of sp³-hybridized carbons (Fsp3) is 0.188. The second-order valence-electron chi connectivity index (χ2n) is 4.80. The SMILES string of the molecule is CCOC(=O)Nc1ccc(N(P)Cc2ccc(F)cc2)cc1O. The molecule has 0 saturated heterocycles. The molecular weight excluding hydrogens is 318 g/mol. The van der Waals surface area contributed by atoms with E-state index in [1.54, 1.807) is 31.2 Å². The van der Waals surface area contributed by atoms with Gasteiger partial charge in [-0.1, -0.05) is 12.1 Å². The summed E-state index contributed by atoms with van der Waals surface area (Å²) in [7, 11) is 2.54. The molecule has 0 aliphatic heterocycles. The molecule has 0 bridgehead atoms. The van der Waals surface area contributed by atoms with E-state index in [2.05, 4.69) is 14.7 Å². The monoisotopic (exact) mass is 336 g/mol. The highest BCUT2D eigenvalue weighted by Gasteiger charge is 2.10. The second kappa shape index (κ2) is 7.79. The van der Waals surface area contributed by atoms with Gasteiger partial charge in [0.2, 0.25) is 0 Å². The highest BCUT2D eigenvalue weighted by atomic mass is 31.0. The van der Waals surface area contributed by atoms with Crippen molar-refractivity contribution in [3.05, 3.63) is 53.8 Å². The normalized spacial score (nSPS) is 10.2. The van der Waals surface area contributed by atoms with Gasteiger partial charge in [0.25, 0.3) is 0 Å². The summed E-state index contributed by atoms with van der Waals surface area (Å²) < 4.78 is 19.5. The molecule has 5 nitrogen and oxygen atoms in total. The molecule has 122 valence electrons. The van der Waals surface area contributed by atoms with Crippen molar-refractivity contribution in [3.63, 3.8) is 0 Å². The summed E-state index contributed by atoms with van der Waals surface area (Å²) >= 11 is 0. The van der Waals surface area contributed by atoms with Crippen molar-refractivity contribution in [2.75, 3.05) is 16.6 Å². The fourth-order valence-corrected chi connectivity index (χ4v) is 2.33. The first-order valence-electron chi connectivity index (χ1n) is 7.03. The van der Waals surface area contributed by atoms with E-state index in [9.17, 15) is 14.3 Å². The van der Waals surface area contributed by atoms with Gasteiger partial charge in [0.05, 0.1) is 12.3 Å². The van der Waals surface area contributed by atoms with Crippen LogP contribution in [0.4, 0.5) is 20.6 Å². The zero-order chi connectivity index (χ0) is 16.8. The number of phenolic OH excluding ortho intramolecular Hbond substituents is 1. The number of rotatable bonds is 5. The molecule has 0 aliphatic carbocycles. The number of halogens is 1. The predicted molar refractivity (Wildman–Crippen MR) is 91.0 cm³/mol. The van der Waals surface area contributed by atoms with Crippen LogP contribution in [0.15, 0.2) is 42.5 Å². The van der Waals surface area contributed by atoms with Gasteiger partial charge in [0, 0.05) is 18.3 Å². The Morgan fingerprint density at radius 1 is 1.30 bits per heavy atom. The molecule has 0 heterocycles. The Labute approximate surface area is 136 Å². The van der Waals surface area contributed by atoms with Gasteiger partial charge in [0.1, 0.15) is 11.6 Å². The minimum Gasteiger partial charge on any atom is -0.506 e. The standard InChI is InChI=1S/C16H18FN2O3P/c1-2-22-16(21)18-14-8-7-13(9-15(14)20)19(23)10-11-3-5-12(17)6-4-11/h3-9,20H,2,10,23H2,1H3,(H,18,21). The van der Waals surface area contributed by atoms with E-state index in [0.717, 1.165) is 11.3 Å². The number of ether oxygens (including phenoxy) is 1. The number of anilines is 2. The number of benzene rings is 2. The van der Waals surface area contributed by atoms with Gasteiger partial charge in [-0.2, -0.15) is 0 Å². The van der Waals surface area contributed by atoms with Crippen molar-refractivity contribution in [2.24, 2.45) is 0 Å². The summed E-state index contributed by atoms with van der Waals surface area (Å²) in [5, 5.41) is 12.5. The van der Waals surface area contributed by atoms with E-state index in [1.807, 2.05) is 4.67 Å². The van der Waals surface area contributed by atoms with Crippen LogP contribution in [0.3, 0.4) is 0 Å². The van der Waals surface area contributed by atoms with Gasteiger partial charge in [-0.15, -0.1) is 0 Å². The molecule has 0 spiro atoms. The molecule has 2 aromatic rings. The zero-order valence-corrected chi connectivity index (χ0v) is 13.8. The summed E-state index contributed by atoms with van der Waals surface area (Å²) in [5.41, 5.74) is 1.92. The number of phenols is 1. The van der Waals surface area contributed by atoms with Crippen LogP contribution in [0.2, 0.25) is 0 Å². The topological polar surface area (TPSA) is 61.8 Å². The predicted octanol–water partition coefficient (Wildman–Crippen LogP) is 3.90. The van der Waals surface area contributed by atoms with Crippen LogP contribution in [0.5, 0.6) is 5.75 Å². The molecule has 7 heteroatoms. The molecule has 1 unspecified atom stereocenters. The fourth-order valence-electron chi connectivity index (χ4n) is 1.96. The summed E-state index contributed by atoms with van der Waals surface area (Å²) in [4.78, 5) is 11.4. The van der Waals surface area contributed by atoms with E-state index in [0.29, 0.717) is 6.54 Å². The molecule has 0 saturated carbocycles. The third-order valence-electron chi connectivity index (χ3n) is 3.09. The van der Waals surface area contributed by atoms with E-state index in [4.69, 9.17) is 4.74 Å². The summed E-state index contributed by atoms with van der Waals surface area (Å²) in [5.74, 6) is -0.349. The quantitative estimate of drug-likeness (QED) is 0.642. The van der Waals surface area contributed by atoms with Gasteiger partial charge < -0.3 is 14.5 Å². The van der Waals surface area contributed by atoms with Gasteiger partial charge in [0.15, 0.2) is 0 Å². The molecule has 0 fully saturated rings. The molecule has 0 aromatic heterocycles. The maximum Gasteiger partial charge on any atom is 0.411 e. The highest BCUT2D eigenvalue weighted by molar-refractivity contribution is 7.19. The van der Waals surface area contributed by atoms with Gasteiger partial charge in [-0.3, -0.25) is 5.32 Å². The van der Waals surface area contributed by atoms with Crippen molar-refractivity contribution < 1.29 is 19.0 Å². The summed E-state index contributed by atoms with van der Waals surface area (Å²) in [6, 6.07) is 11.1. The van der Waals surface area contributed by atoms with Crippen LogP contribution in [-0.2, 0) is 11.3 Å². The van der Waals surface area contributed by atoms with E-state index >= 15 is 0 Å². The Hall–Kier alpha value is -2.33. The summed E-state index contributed by atoms with van der Waals surface area (Å²) in [6.45, 7) is 2.47. The van der Waals surface area contributed by atoms with Crippen LogP contribution in [0.25, 0.3) is 0 Å². The third kappa shape index (κ3) is 4.83. The Morgan fingerprint density at radius 3 is 2.61 bits per heavy atom. The molecule has 1 amide bonds. The first kappa shape index (κ1) is 17.0. The maximum atomic E-state index is 12.9. The zero-order valence-electron chi connectivity index (χ0n) is 12.6. The average molecular weight is 336 g/mol. The van der Waals surface area contributed by atoms with Gasteiger partial charge in [-0.25, -0.2) is 9.18 Å². The lowest BCUT2D eigenvalue weighted by Crippen LogP contribution is -2.14. The molecule has 2 aromatic carbocycles. The van der Waals surface area contributed by atoms with Crippen molar-refractivity contribution in [1.82, 2.24) is 0 Å². The van der Waals surface area contributed by atoms with Gasteiger partial charge in [-0.05, 0) is 46.1 Å². The highest BCUT2D eigenvalue weighted by Crippen LogP contribution is 2.31. The Morgan fingerprint density at radius 2 is 2.00 bits per heavy atom. The van der Waals surface area contributed by atoms with Crippen molar-refractivity contribution in [2.45, 2.75) is 13.5 Å². The van der Waals surface area contributed by atoms with E-state index < -0.39 is 6.09 Å².